The number of hydrogen-bond acceptors (Lipinski definition) is 3. The molecule has 0 fully saturated rings. The predicted octanol–water partition coefficient (Wildman–Crippen LogP) is 1.76. The van der Waals surface area contributed by atoms with Crippen LogP contribution in [-0.4, -0.2) is 14.9 Å². The van der Waals surface area contributed by atoms with Gasteiger partial charge in [-0.3, -0.25) is 0 Å². The molecule has 0 amide bonds. The lowest BCUT2D eigenvalue weighted by Crippen LogP contribution is -1.95. The molecule has 2 aromatic rings. The zero-order valence-corrected chi connectivity index (χ0v) is 8.18. The van der Waals surface area contributed by atoms with Gasteiger partial charge in [0.15, 0.2) is 0 Å². The Kier molecular flexibility index (Phi) is 2.14. The number of rotatable bonds is 1. The van der Waals surface area contributed by atoms with Crippen LogP contribution >= 0.6 is 0 Å². The van der Waals surface area contributed by atoms with Crippen LogP contribution in [0.5, 0.6) is 5.88 Å². The smallest absolute Gasteiger partial charge is 0.217 e. The van der Waals surface area contributed by atoms with Crippen LogP contribution in [0.25, 0.3) is 5.69 Å². The van der Waals surface area contributed by atoms with Gasteiger partial charge in [-0.25, -0.2) is 4.68 Å². The van der Waals surface area contributed by atoms with Gasteiger partial charge in [-0.05, 0) is 31.2 Å². The summed E-state index contributed by atoms with van der Waals surface area (Å²) < 4.78 is 1.43. The van der Waals surface area contributed by atoms with Gasteiger partial charge in [-0.1, -0.05) is 0 Å². The van der Waals surface area contributed by atoms with Crippen molar-refractivity contribution in [3.8, 4) is 17.6 Å². The van der Waals surface area contributed by atoms with Crippen LogP contribution in [-0.2, 0) is 0 Å². The quantitative estimate of drug-likeness (QED) is 0.761. The Morgan fingerprint density at radius 2 is 2.00 bits per heavy atom. The molecule has 2 rings (SSSR count). The first-order valence-electron chi connectivity index (χ1n) is 4.46. The molecule has 0 unspecified atom stereocenters. The number of nitriles is 1. The van der Waals surface area contributed by atoms with E-state index in [-0.39, 0.29) is 5.88 Å². The van der Waals surface area contributed by atoms with E-state index in [4.69, 9.17) is 5.26 Å². The Hall–Kier alpha value is -2.28. The van der Waals surface area contributed by atoms with E-state index in [9.17, 15) is 5.11 Å². The topological polar surface area (TPSA) is 61.8 Å². The first-order valence-corrected chi connectivity index (χ1v) is 4.46. The van der Waals surface area contributed by atoms with Crippen molar-refractivity contribution in [2.75, 3.05) is 0 Å². The zero-order valence-electron chi connectivity index (χ0n) is 8.18. The summed E-state index contributed by atoms with van der Waals surface area (Å²) in [4.78, 5) is 0. The Morgan fingerprint density at radius 3 is 2.47 bits per heavy atom. The normalized spacial score (nSPS) is 9.87. The van der Waals surface area contributed by atoms with Gasteiger partial charge in [-0.2, -0.15) is 10.4 Å². The molecule has 0 aliphatic heterocycles. The molecule has 0 radical (unpaired) electrons. The Bertz CT molecular complexity index is 520. The van der Waals surface area contributed by atoms with Crippen molar-refractivity contribution in [2.24, 2.45) is 0 Å². The molecule has 1 N–H and O–H groups in total. The molecule has 0 saturated carbocycles. The minimum Gasteiger partial charge on any atom is -0.493 e. The summed E-state index contributed by atoms with van der Waals surface area (Å²) in [6, 6.07) is 8.89. The fourth-order valence-electron chi connectivity index (χ4n) is 1.29. The van der Waals surface area contributed by atoms with Gasteiger partial charge in [0.05, 0.1) is 23.5 Å². The molecular formula is C11H9N3O. The average Bonchev–Trinajstić information content (AvgIpc) is 2.60. The third-order valence-electron chi connectivity index (χ3n) is 2.16. The summed E-state index contributed by atoms with van der Waals surface area (Å²) in [5, 5.41) is 22.3. The van der Waals surface area contributed by atoms with Gasteiger partial charge >= 0.3 is 0 Å². The second kappa shape index (κ2) is 3.46. The Labute approximate surface area is 87.0 Å². The number of nitrogens with zero attached hydrogens (tertiary/aromatic N) is 3. The molecule has 0 atom stereocenters. The van der Waals surface area contributed by atoms with E-state index in [1.54, 1.807) is 37.4 Å². The highest BCUT2D eigenvalue weighted by Gasteiger charge is 2.06. The number of hydrogen-bond donors (Lipinski definition) is 1. The highest BCUT2D eigenvalue weighted by Crippen LogP contribution is 2.19. The summed E-state index contributed by atoms with van der Waals surface area (Å²) in [5.41, 5.74) is 2.04. The van der Waals surface area contributed by atoms with E-state index < -0.39 is 0 Å². The number of benzene rings is 1. The van der Waals surface area contributed by atoms with Gasteiger partial charge in [-0.15, -0.1) is 0 Å². The van der Waals surface area contributed by atoms with E-state index in [0.29, 0.717) is 5.56 Å². The van der Waals surface area contributed by atoms with Crippen LogP contribution in [0.1, 0.15) is 11.1 Å². The van der Waals surface area contributed by atoms with Crippen LogP contribution in [0, 0.1) is 18.3 Å². The molecule has 4 heteroatoms. The maximum atomic E-state index is 9.65. The third kappa shape index (κ3) is 1.55. The number of aromatic nitrogens is 2. The highest BCUT2D eigenvalue weighted by molar-refractivity contribution is 5.41. The van der Waals surface area contributed by atoms with Crippen molar-refractivity contribution in [3.63, 3.8) is 0 Å². The van der Waals surface area contributed by atoms with Gasteiger partial charge < -0.3 is 5.11 Å². The first-order chi connectivity index (χ1) is 7.22. The SMILES string of the molecule is Cc1cnn(-c2ccc(C#N)cc2)c1O. The van der Waals surface area contributed by atoms with Crippen molar-refractivity contribution >= 4 is 0 Å². The molecule has 0 bridgehead atoms. The minimum atomic E-state index is 0.125. The lowest BCUT2D eigenvalue weighted by atomic mass is 10.2. The summed E-state index contributed by atoms with van der Waals surface area (Å²) in [6.07, 6.45) is 1.59. The largest absolute Gasteiger partial charge is 0.493 e. The molecular weight excluding hydrogens is 190 g/mol. The van der Waals surface area contributed by atoms with E-state index in [1.807, 2.05) is 6.07 Å². The molecule has 1 aromatic carbocycles. The Balaban J connectivity index is 2.47. The van der Waals surface area contributed by atoms with Gasteiger partial charge in [0.1, 0.15) is 0 Å². The van der Waals surface area contributed by atoms with Crippen LogP contribution in [0.3, 0.4) is 0 Å². The fourth-order valence-corrected chi connectivity index (χ4v) is 1.29. The molecule has 1 aromatic heterocycles. The van der Waals surface area contributed by atoms with Gasteiger partial charge in [0.25, 0.3) is 0 Å². The van der Waals surface area contributed by atoms with Crippen molar-refractivity contribution in [1.29, 1.82) is 5.26 Å². The third-order valence-corrected chi connectivity index (χ3v) is 2.16. The summed E-state index contributed by atoms with van der Waals surface area (Å²) in [6.45, 7) is 1.78. The van der Waals surface area contributed by atoms with E-state index in [1.165, 1.54) is 4.68 Å². The second-order valence-electron chi connectivity index (χ2n) is 3.22. The lowest BCUT2D eigenvalue weighted by molar-refractivity contribution is 0.430. The fraction of sp³-hybridized carbons (Fsp3) is 0.0909. The minimum absolute atomic E-state index is 0.125. The van der Waals surface area contributed by atoms with Crippen molar-refractivity contribution in [3.05, 3.63) is 41.6 Å². The van der Waals surface area contributed by atoms with Crippen LogP contribution < -0.4 is 0 Å². The predicted molar refractivity (Wildman–Crippen MR) is 54.7 cm³/mol. The lowest BCUT2D eigenvalue weighted by Gasteiger charge is -2.02. The van der Waals surface area contributed by atoms with E-state index in [2.05, 4.69) is 5.10 Å². The van der Waals surface area contributed by atoms with Gasteiger partial charge in [0, 0.05) is 5.56 Å². The zero-order chi connectivity index (χ0) is 10.8. The van der Waals surface area contributed by atoms with E-state index >= 15 is 0 Å². The molecule has 15 heavy (non-hydrogen) atoms. The molecule has 74 valence electrons. The van der Waals surface area contributed by atoms with E-state index in [0.717, 1.165) is 11.3 Å². The average molecular weight is 199 g/mol. The molecule has 0 spiro atoms. The highest BCUT2D eigenvalue weighted by atomic mass is 16.3. The van der Waals surface area contributed by atoms with Crippen LogP contribution in [0.15, 0.2) is 30.5 Å². The van der Waals surface area contributed by atoms with Crippen molar-refractivity contribution < 1.29 is 5.11 Å². The molecule has 0 aliphatic carbocycles. The maximum absolute atomic E-state index is 9.65. The Morgan fingerprint density at radius 1 is 1.33 bits per heavy atom. The second-order valence-corrected chi connectivity index (χ2v) is 3.22. The molecule has 0 saturated heterocycles. The summed E-state index contributed by atoms with van der Waals surface area (Å²) >= 11 is 0. The summed E-state index contributed by atoms with van der Waals surface area (Å²) in [5.74, 6) is 0.125. The molecule has 1 heterocycles. The molecule has 4 nitrogen and oxygen atoms in total. The van der Waals surface area contributed by atoms with Crippen LogP contribution in [0.4, 0.5) is 0 Å². The number of aromatic hydroxyl groups is 1. The standard InChI is InChI=1S/C11H9N3O/c1-8-7-13-14(11(8)15)10-4-2-9(6-12)3-5-10/h2-5,7,15H,1H3. The van der Waals surface area contributed by atoms with Crippen LogP contribution in [0.2, 0.25) is 0 Å². The van der Waals surface area contributed by atoms with Crippen molar-refractivity contribution in [2.45, 2.75) is 6.92 Å². The summed E-state index contributed by atoms with van der Waals surface area (Å²) in [7, 11) is 0. The van der Waals surface area contributed by atoms with Crippen molar-refractivity contribution in [1.82, 2.24) is 9.78 Å². The first kappa shape index (κ1) is 9.28. The maximum Gasteiger partial charge on any atom is 0.217 e. The number of aryl methyl sites for hydroxylation is 1. The van der Waals surface area contributed by atoms with Gasteiger partial charge in [0.2, 0.25) is 5.88 Å². The monoisotopic (exact) mass is 199 g/mol. The molecule has 0 aliphatic rings.